The topological polar surface area (TPSA) is 41.1 Å². The number of alkyl halides is 3. The van der Waals surface area contributed by atoms with Crippen LogP contribution in [-0.4, -0.2) is 40.2 Å². The quantitative estimate of drug-likeness (QED) is 0.363. The van der Waals surface area contributed by atoms with Gasteiger partial charge in [-0.15, -0.1) is 22.7 Å². The maximum atomic E-state index is 13.0. The van der Waals surface area contributed by atoms with E-state index in [4.69, 9.17) is 0 Å². The second-order valence-electron chi connectivity index (χ2n) is 7.96. The number of likely N-dealkylation sites (tertiary alicyclic amines) is 1. The van der Waals surface area contributed by atoms with Crippen LogP contribution in [0.5, 0.6) is 0 Å². The van der Waals surface area contributed by atoms with Gasteiger partial charge in [0, 0.05) is 34.1 Å². The van der Waals surface area contributed by atoms with Crippen LogP contribution in [0.3, 0.4) is 0 Å². The van der Waals surface area contributed by atoms with E-state index >= 15 is 0 Å². The van der Waals surface area contributed by atoms with Crippen molar-refractivity contribution in [2.45, 2.75) is 37.9 Å². The minimum Gasteiger partial charge on any atom is -0.355 e. The fourth-order valence-corrected chi connectivity index (χ4v) is 6.31. The van der Waals surface area contributed by atoms with Crippen LogP contribution in [0.2, 0.25) is 0 Å². The van der Waals surface area contributed by atoms with Gasteiger partial charge >= 0.3 is 6.18 Å². The normalized spacial score (nSPS) is 20.5. The zero-order valence-corrected chi connectivity index (χ0v) is 18.4. The van der Waals surface area contributed by atoms with Crippen LogP contribution in [0.15, 0.2) is 42.0 Å². The van der Waals surface area contributed by atoms with E-state index in [1.807, 2.05) is 36.7 Å². The third kappa shape index (κ3) is 4.26. The number of anilines is 2. The Morgan fingerprint density at radius 3 is 2.90 bits per heavy atom. The number of piperidine rings is 1. The lowest BCUT2D eigenvalue weighted by atomic mass is 9.88. The molecule has 162 valence electrons. The van der Waals surface area contributed by atoms with Gasteiger partial charge in [-0.05, 0) is 56.6 Å². The first kappa shape index (κ1) is 20.7. The largest absolute Gasteiger partial charge is 0.401 e. The molecule has 0 bridgehead atoms. The highest BCUT2D eigenvalue weighted by molar-refractivity contribution is 7.18. The van der Waals surface area contributed by atoms with Gasteiger partial charge in [0.05, 0.1) is 28.0 Å². The number of rotatable bonds is 4. The molecule has 31 heavy (non-hydrogen) atoms. The van der Waals surface area contributed by atoms with Crippen molar-refractivity contribution in [3.8, 4) is 0 Å². The summed E-state index contributed by atoms with van der Waals surface area (Å²) in [5, 5.41) is 4.47. The monoisotopic (exact) mass is 462 g/mol. The van der Waals surface area contributed by atoms with E-state index in [-0.39, 0.29) is 12.0 Å². The highest BCUT2D eigenvalue weighted by Gasteiger charge is 2.37. The summed E-state index contributed by atoms with van der Waals surface area (Å²) in [6.45, 7) is 1.56. The Hall–Kier alpha value is -2.23. The van der Waals surface area contributed by atoms with E-state index < -0.39 is 12.7 Å². The summed E-state index contributed by atoms with van der Waals surface area (Å²) in [5.74, 6) is 0.0782. The summed E-state index contributed by atoms with van der Waals surface area (Å²) in [5.41, 5.74) is 4.67. The number of hydrogen-bond acceptors (Lipinski definition) is 6. The molecule has 1 N–H and O–H groups in total. The molecule has 4 heterocycles. The SMILES string of the molecule is C[C@@H]1[C@H](c2cc3c(Nc4ccc5scnc5c4)ccnc3s2)CCCN1CC(F)(F)F. The molecule has 0 spiro atoms. The lowest BCUT2D eigenvalue weighted by molar-refractivity contribution is -0.153. The molecule has 4 nitrogen and oxygen atoms in total. The summed E-state index contributed by atoms with van der Waals surface area (Å²) in [6.07, 6.45) is -0.739. The van der Waals surface area contributed by atoms with Crippen LogP contribution in [-0.2, 0) is 0 Å². The Bertz CT molecular complexity index is 1220. The summed E-state index contributed by atoms with van der Waals surface area (Å²) in [7, 11) is 0. The number of thiazole rings is 1. The molecule has 5 rings (SSSR count). The van der Waals surface area contributed by atoms with Gasteiger partial charge in [0.2, 0.25) is 0 Å². The molecule has 0 amide bonds. The Labute approximate surface area is 185 Å². The maximum absolute atomic E-state index is 13.0. The molecule has 1 saturated heterocycles. The summed E-state index contributed by atoms with van der Waals surface area (Å²) < 4.78 is 40.1. The van der Waals surface area contributed by atoms with E-state index in [9.17, 15) is 13.2 Å². The highest BCUT2D eigenvalue weighted by atomic mass is 32.1. The average Bonchev–Trinajstić information content (AvgIpc) is 3.35. The summed E-state index contributed by atoms with van der Waals surface area (Å²) in [4.78, 5) is 12.5. The third-order valence-corrected chi connectivity index (χ3v) is 7.92. The molecular formula is C22H21F3N4S2. The molecule has 1 aliphatic rings. The lowest BCUT2D eigenvalue weighted by Gasteiger charge is -2.39. The number of benzene rings is 1. The molecule has 1 aliphatic heterocycles. The molecule has 0 unspecified atom stereocenters. The van der Waals surface area contributed by atoms with Crippen molar-refractivity contribution in [3.63, 3.8) is 0 Å². The van der Waals surface area contributed by atoms with Crippen molar-refractivity contribution in [2.75, 3.05) is 18.4 Å². The van der Waals surface area contributed by atoms with Crippen molar-refractivity contribution in [2.24, 2.45) is 0 Å². The second-order valence-corrected chi connectivity index (χ2v) is 9.91. The van der Waals surface area contributed by atoms with Gasteiger partial charge in [-0.2, -0.15) is 13.2 Å². The molecule has 0 radical (unpaired) electrons. The first-order valence-corrected chi connectivity index (χ1v) is 11.9. The smallest absolute Gasteiger partial charge is 0.355 e. The van der Waals surface area contributed by atoms with Crippen LogP contribution in [0.1, 0.15) is 30.6 Å². The van der Waals surface area contributed by atoms with Gasteiger partial charge in [0.25, 0.3) is 0 Å². The van der Waals surface area contributed by atoms with Gasteiger partial charge in [-0.1, -0.05) is 0 Å². The van der Waals surface area contributed by atoms with Crippen LogP contribution in [0.4, 0.5) is 24.5 Å². The summed E-state index contributed by atoms with van der Waals surface area (Å²) in [6, 6.07) is 9.97. The zero-order chi connectivity index (χ0) is 21.6. The second kappa shape index (κ2) is 8.03. The van der Waals surface area contributed by atoms with Crippen molar-refractivity contribution in [3.05, 3.63) is 46.9 Å². The number of pyridine rings is 1. The minimum atomic E-state index is -4.17. The van der Waals surface area contributed by atoms with Crippen LogP contribution >= 0.6 is 22.7 Å². The van der Waals surface area contributed by atoms with E-state index in [0.717, 1.165) is 49.5 Å². The molecule has 2 atom stereocenters. The van der Waals surface area contributed by atoms with E-state index in [1.54, 1.807) is 33.8 Å². The van der Waals surface area contributed by atoms with Crippen LogP contribution in [0.25, 0.3) is 20.4 Å². The van der Waals surface area contributed by atoms with Gasteiger partial charge in [0.1, 0.15) is 4.83 Å². The van der Waals surface area contributed by atoms with Crippen molar-refractivity contribution in [1.29, 1.82) is 0 Å². The summed E-state index contributed by atoms with van der Waals surface area (Å²) >= 11 is 3.19. The molecule has 3 aromatic heterocycles. The standard InChI is InChI=1S/C22H21F3N4S2/c1-13-15(3-2-8-29(13)11-22(23,24)25)20-10-16-17(6-7-26-21(16)31-20)28-14-4-5-19-18(9-14)27-12-30-19/h4-7,9-10,12-13,15H,2-3,8,11H2,1H3,(H,26,28)/t13-,15-/m1/s1. The molecule has 9 heteroatoms. The number of aromatic nitrogens is 2. The fourth-order valence-electron chi connectivity index (χ4n) is 4.39. The van der Waals surface area contributed by atoms with E-state index in [2.05, 4.69) is 21.4 Å². The molecule has 4 aromatic rings. The Morgan fingerprint density at radius 1 is 1.19 bits per heavy atom. The number of halogens is 3. The van der Waals surface area contributed by atoms with Gasteiger partial charge < -0.3 is 5.32 Å². The maximum Gasteiger partial charge on any atom is 0.401 e. The van der Waals surface area contributed by atoms with Crippen molar-refractivity contribution >= 4 is 54.5 Å². The fraction of sp³-hybridized carbons (Fsp3) is 0.364. The number of hydrogen-bond donors (Lipinski definition) is 1. The molecule has 1 aromatic carbocycles. The molecular weight excluding hydrogens is 441 g/mol. The number of thiophene rings is 1. The van der Waals surface area contributed by atoms with Crippen molar-refractivity contribution < 1.29 is 13.2 Å². The Kier molecular flexibility index (Phi) is 5.35. The van der Waals surface area contributed by atoms with E-state index in [1.165, 1.54) is 0 Å². The van der Waals surface area contributed by atoms with Crippen LogP contribution < -0.4 is 5.32 Å². The lowest BCUT2D eigenvalue weighted by Crippen LogP contribution is -2.46. The Morgan fingerprint density at radius 2 is 2.06 bits per heavy atom. The number of nitrogens with one attached hydrogen (secondary N) is 1. The first-order chi connectivity index (χ1) is 14.9. The third-order valence-electron chi connectivity index (χ3n) is 5.93. The minimum absolute atomic E-state index is 0.0782. The molecule has 0 aliphatic carbocycles. The molecule has 1 fully saturated rings. The molecule has 0 saturated carbocycles. The van der Waals surface area contributed by atoms with Crippen molar-refractivity contribution in [1.82, 2.24) is 14.9 Å². The zero-order valence-electron chi connectivity index (χ0n) is 16.8. The first-order valence-electron chi connectivity index (χ1n) is 10.2. The van der Waals surface area contributed by atoms with Crippen LogP contribution in [0, 0.1) is 0 Å². The predicted octanol–water partition coefficient (Wildman–Crippen LogP) is 6.78. The van der Waals surface area contributed by atoms with Gasteiger partial charge in [-0.25, -0.2) is 9.97 Å². The van der Waals surface area contributed by atoms with Gasteiger partial charge in [0.15, 0.2) is 0 Å². The number of fused-ring (bicyclic) bond motifs is 2. The average molecular weight is 463 g/mol. The van der Waals surface area contributed by atoms with Gasteiger partial charge in [-0.3, -0.25) is 4.90 Å². The Balaban J connectivity index is 1.43. The highest BCUT2D eigenvalue weighted by Crippen LogP contribution is 2.41. The predicted molar refractivity (Wildman–Crippen MR) is 122 cm³/mol. The van der Waals surface area contributed by atoms with E-state index in [0.29, 0.717) is 6.54 Å². The number of nitrogens with zero attached hydrogens (tertiary/aromatic N) is 3.